The van der Waals surface area contributed by atoms with Gasteiger partial charge in [0, 0.05) is 12.6 Å². The normalized spacial score (nSPS) is 14.7. The average Bonchev–Trinajstić information content (AvgIpc) is 3.16. The van der Waals surface area contributed by atoms with E-state index in [1.165, 1.54) is 6.07 Å². The Kier molecular flexibility index (Phi) is 4.28. The third kappa shape index (κ3) is 3.55. The van der Waals surface area contributed by atoms with Crippen molar-refractivity contribution in [3.63, 3.8) is 0 Å². The van der Waals surface area contributed by atoms with Crippen LogP contribution in [0, 0.1) is 0 Å². The molecule has 0 atom stereocenters. The van der Waals surface area contributed by atoms with E-state index in [0.717, 1.165) is 29.7 Å². The molecular weight excluding hydrogens is 320 g/mol. The first-order valence-corrected chi connectivity index (χ1v) is 9.34. The van der Waals surface area contributed by atoms with E-state index >= 15 is 0 Å². The van der Waals surface area contributed by atoms with E-state index in [1.54, 1.807) is 5.38 Å². The van der Waals surface area contributed by atoms with Crippen molar-refractivity contribution in [2.45, 2.75) is 30.3 Å². The SMILES string of the molecule is O=C(NCc1ccccc1)c1sccc1S(=O)(=O)NC1CC1. The van der Waals surface area contributed by atoms with Crippen LogP contribution in [0.1, 0.15) is 28.1 Å². The Balaban J connectivity index is 1.72. The summed E-state index contributed by atoms with van der Waals surface area (Å²) >= 11 is 1.14. The van der Waals surface area contributed by atoms with Crippen molar-refractivity contribution in [2.24, 2.45) is 0 Å². The van der Waals surface area contributed by atoms with Crippen molar-refractivity contribution >= 4 is 27.3 Å². The van der Waals surface area contributed by atoms with Crippen molar-refractivity contribution in [1.82, 2.24) is 10.0 Å². The minimum atomic E-state index is -3.61. The first-order valence-electron chi connectivity index (χ1n) is 6.98. The quantitative estimate of drug-likeness (QED) is 0.848. The Bertz CT molecular complexity index is 765. The molecule has 1 aliphatic rings. The average molecular weight is 336 g/mol. The van der Waals surface area contributed by atoms with E-state index in [9.17, 15) is 13.2 Å². The minimum absolute atomic E-state index is 0.0186. The van der Waals surface area contributed by atoms with Crippen molar-refractivity contribution in [3.05, 3.63) is 52.2 Å². The Hall–Kier alpha value is -1.70. The number of sulfonamides is 1. The summed E-state index contributed by atoms with van der Waals surface area (Å²) < 4.78 is 27.1. The third-order valence-electron chi connectivity index (χ3n) is 3.32. The van der Waals surface area contributed by atoms with Crippen LogP contribution < -0.4 is 10.0 Å². The molecule has 5 nitrogen and oxygen atoms in total. The molecule has 0 saturated heterocycles. The molecule has 0 spiro atoms. The van der Waals surface area contributed by atoms with Crippen molar-refractivity contribution in [1.29, 1.82) is 0 Å². The zero-order valence-corrected chi connectivity index (χ0v) is 13.4. The molecule has 22 heavy (non-hydrogen) atoms. The van der Waals surface area contributed by atoms with Gasteiger partial charge in [0.15, 0.2) is 0 Å². The largest absolute Gasteiger partial charge is 0.347 e. The molecule has 1 fully saturated rings. The van der Waals surface area contributed by atoms with Crippen LogP contribution in [-0.2, 0) is 16.6 Å². The predicted molar refractivity (Wildman–Crippen MR) is 85.3 cm³/mol. The van der Waals surface area contributed by atoms with Crippen LogP contribution in [0.3, 0.4) is 0 Å². The third-order valence-corrected chi connectivity index (χ3v) is 5.93. The number of amides is 1. The number of carbonyl (C=O) groups is 1. The fourth-order valence-electron chi connectivity index (χ4n) is 2.02. The number of thiophene rings is 1. The number of hydrogen-bond acceptors (Lipinski definition) is 4. The lowest BCUT2D eigenvalue weighted by atomic mass is 10.2. The highest BCUT2D eigenvalue weighted by molar-refractivity contribution is 7.89. The van der Waals surface area contributed by atoms with Crippen molar-refractivity contribution in [3.8, 4) is 0 Å². The van der Waals surface area contributed by atoms with Gasteiger partial charge in [-0.2, -0.15) is 0 Å². The van der Waals surface area contributed by atoms with Gasteiger partial charge in [0.1, 0.15) is 9.77 Å². The summed E-state index contributed by atoms with van der Waals surface area (Å²) in [6.07, 6.45) is 1.72. The van der Waals surface area contributed by atoms with E-state index in [2.05, 4.69) is 10.0 Å². The van der Waals surface area contributed by atoms with Gasteiger partial charge in [-0.3, -0.25) is 4.79 Å². The number of nitrogens with one attached hydrogen (secondary N) is 2. The second kappa shape index (κ2) is 6.20. The highest BCUT2D eigenvalue weighted by Gasteiger charge is 2.31. The van der Waals surface area contributed by atoms with Gasteiger partial charge in [0.25, 0.3) is 5.91 Å². The molecule has 1 aromatic heterocycles. The fraction of sp³-hybridized carbons (Fsp3) is 0.267. The standard InChI is InChI=1S/C15H16N2O3S2/c18-15(16-10-11-4-2-1-3-5-11)14-13(8-9-21-14)22(19,20)17-12-6-7-12/h1-5,8-9,12,17H,6-7,10H2,(H,16,18). The lowest BCUT2D eigenvalue weighted by molar-refractivity contribution is 0.0952. The Morgan fingerprint density at radius 1 is 1.18 bits per heavy atom. The van der Waals surface area contributed by atoms with Gasteiger partial charge in [-0.1, -0.05) is 30.3 Å². The molecule has 3 rings (SSSR count). The molecule has 1 aliphatic carbocycles. The van der Waals surface area contributed by atoms with E-state index in [1.807, 2.05) is 30.3 Å². The van der Waals surface area contributed by atoms with Crippen LogP contribution in [0.15, 0.2) is 46.7 Å². The zero-order valence-electron chi connectivity index (χ0n) is 11.8. The summed E-state index contributed by atoms with van der Waals surface area (Å²) in [5.41, 5.74) is 0.966. The van der Waals surface area contributed by atoms with Crippen molar-refractivity contribution < 1.29 is 13.2 Å². The molecule has 0 bridgehead atoms. The van der Waals surface area contributed by atoms with Gasteiger partial charge >= 0.3 is 0 Å². The van der Waals surface area contributed by atoms with E-state index < -0.39 is 10.0 Å². The highest BCUT2D eigenvalue weighted by Crippen LogP contribution is 2.26. The maximum absolute atomic E-state index is 12.3. The van der Waals surface area contributed by atoms with Crippen molar-refractivity contribution in [2.75, 3.05) is 0 Å². The molecule has 1 saturated carbocycles. The predicted octanol–water partition coefficient (Wildman–Crippen LogP) is 2.12. The Morgan fingerprint density at radius 2 is 1.91 bits per heavy atom. The van der Waals surface area contributed by atoms with Crippen LogP contribution in [0.2, 0.25) is 0 Å². The van der Waals surface area contributed by atoms with Crippen LogP contribution >= 0.6 is 11.3 Å². The molecule has 1 aromatic carbocycles. The summed E-state index contributed by atoms with van der Waals surface area (Å²) in [7, 11) is -3.61. The van der Waals surface area contributed by atoms with E-state index in [0.29, 0.717) is 6.54 Å². The first-order chi connectivity index (χ1) is 10.6. The summed E-state index contributed by atoms with van der Waals surface area (Å²) in [6, 6.07) is 11.0. The molecule has 0 radical (unpaired) electrons. The molecule has 7 heteroatoms. The van der Waals surface area contributed by atoms with Gasteiger partial charge in [-0.05, 0) is 29.9 Å². The Morgan fingerprint density at radius 3 is 2.59 bits per heavy atom. The molecular formula is C15H16N2O3S2. The molecule has 2 aromatic rings. The minimum Gasteiger partial charge on any atom is -0.347 e. The summed E-state index contributed by atoms with van der Waals surface area (Å²) in [5.74, 6) is -0.366. The van der Waals surface area contributed by atoms with Gasteiger partial charge in [-0.25, -0.2) is 13.1 Å². The number of carbonyl (C=O) groups excluding carboxylic acids is 1. The lowest BCUT2D eigenvalue weighted by Gasteiger charge is -2.08. The molecule has 116 valence electrons. The topological polar surface area (TPSA) is 75.3 Å². The maximum atomic E-state index is 12.3. The second-order valence-corrected chi connectivity index (χ2v) is 7.78. The fourth-order valence-corrected chi connectivity index (χ4v) is 4.67. The van der Waals surface area contributed by atoms with Gasteiger partial charge in [0.05, 0.1) is 0 Å². The summed E-state index contributed by atoms with van der Waals surface area (Å²) in [4.78, 5) is 12.5. The lowest BCUT2D eigenvalue weighted by Crippen LogP contribution is -2.29. The smallest absolute Gasteiger partial charge is 0.263 e. The zero-order chi connectivity index (χ0) is 15.6. The van der Waals surface area contributed by atoms with E-state index in [-0.39, 0.29) is 21.7 Å². The van der Waals surface area contributed by atoms with Crippen LogP contribution in [0.25, 0.3) is 0 Å². The second-order valence-electron chi connectivity index (χ2n) is 5.18. The van der Waals surface area contributed by atoms with Crippen LogP contribution in [-0.4, -0.2) is 20.4 Å². The monoisotopic (exact) mass is 336 g/mol. The van der Waals surface area contributed by atoms with Gasteiger partial charge in [-0.15, -0.1) is 11.3 Å². The molecule has 2 N–H and O–H groups in total. The number of benzene rings is 1. The summed E-state index contributed by atoms with van der Waals surface area (Å²) in [5, 5.41) is 4.39. The number of rotatable bonds is 6. The first kappa shape index (κ1) is 15.2. The highest BCUT2D eigenvalue weighted by atomic mass is 32.2. The number of hydrogen-bond donors (Lipinski definition) is 2. The molecule has 1 amide bonds. The van der Waals surface area contributed by atoms with Gasteiger partial charge in [0.2, 0.25) is 10.0 Å². The van der Waals surface area contributed by atoms with E-state index in [4.69, 9.17) is 0 Å². The van der Waals surface area contributed by atoms with Gasteiger partial charge < -0.3 is 5.32 Å². The Labute approximate surface area is 133 Å². The molecule has 0 aliphatic heterocycles. The van der Waals surface area contributed by atoms with Crippen LogP contribution in [0.5, 0.6) is 0 Å². The van der Waals surface area contributed by atoms with Crippen LogP contribution in [0.4, 0.5) is 0 Å². The molecule has 0 unspecified atom stereocenters. The maximum Gasteiger partial charge on any atom is 0.263 e. The summed E-state index contributed by atoms with van der Waals surface area (Å²) in [6.45, 7) is 0.368. The molecule has 1 heterocycles.